The van der Waals surface area contributed by atoms with Crippen LogP contribution in [0.5, 0.6) is 5.75 Å². The summed E-state index contributed by atoms with van der Waals surface area (Å²) in [5.41, 5.74) is 2.70. The second kappa shape index (κ2) is 6.78. The molecule has 0 heterocycles. The second-order valence-corrected chi connectivity index (χ2v) is 5.75. The zero-order valence-corrected chi connectivity index (χ0v) is 13.6. The Labute approximate surface area is 146 Å². The van der Waals surface area contributed by atoms with Crippen molar-refractivity contribution in [3.63, 3.8) is 0 Å². The molecule has 6 heteroatoms. The number of alkyl halides is 3. The first-order chi connectivity index (χ1) is 12.2. The Balaban J connectivity index is 1.92. The summed E-state index contributed by atoms with van der Waals surface area (Å²) in [7, 11) is 0. The van der Waals surface area contributed by atoms with Crippen molar-refractivity contribution in [3.8, 4) is 28.0 Å². The predicted molar refractivity (Wildman–Crippen MR) is 88.7 cm³/mol. The summed E-state index contributed by atoms with van der Waals surface area (Å²) in [6.45, 7) is 1.92. The van der Waals surface area contributed by atoms with Gasteiger partial charge in [-0.2, -0.15) is 0 Å². The molecule has 0 radical (unpaired) electrons. The molecule has 0 aliphatic heterocycles. The molecule has 3 rings (SSSR count). The van der Waals surface area contributed by atoms with Crippen LogP contribution in [0, 0.1) is 18.6 Å². The molecular weight excluding hydrogens is 351 g/mol. The standard InChI is InChI=1S/C20H13F5O/c1-12-2-4-13(5-3-12)16-8-6-14(10-17(16)21)15-7-9-19(18(22)11-15)26-20(23,24)25/h2-11H,1H3. The lowest BCUT2D eigenvalue weighted by Gasteiger charge is -2.11. The van der Waals surface area contributed by atoms with Crippen LogP contribution in [0.3, 0.4) is 0 Å². The summed E-state index contributed by atoms with van der Waals surface area (Å²) in [6, 6.07) is 14.6. The summed E-state index contributed by atoms with van der Waals surface area (Å²) in [5.74, 6) is -2.62. The van der Waals surface area contributed by atoms with Crippen molar-refractivity contribution in [1.29, 1.82) is 0 Å². The monoisotopic (exact) mass is 364 g/mol. The lowest BCUT2D eigenvalue weighted by molar-refractivity contribution is -0.275. The van der Waals surface area contributed by atoms with E-state index in [1.165, 1.54) is 12.1 Å². The first kappa shape index (κ1) is 17.9. The molecular formula is C20H13F5O. The molecule has 0 amide bonds. The van der Waals surface area contributed by atoms with E-state index >= 15 is 0 Å². The van der Waals surface area contributed by atoms with Gasteiger partial charge in [0.05, 0.1) is 0 Å². The smallest absolute Gasteiger partial charge is 0.403 e. The highest BCUT2D eigenvalue weighted by Gasteiger charge is 2.32. The lowest BCUT2D eigenvalue weighted by Crippen LogP contribution is -2.17. The van der Waals surface area contributed by atoms with Gasteiger partial charge in [-0.3, -0.25) is 0 Å². The zero-order valence-electron chi connectivity index (χ0n) is 13.6. The number of halogens is 5. The van der Waals surface area contributed by atoms with E-state index in [2.05, 4.69) is 4.74 Å². The maximum atomic E-state index is 14.5. The Bertz CT molecular complexity index is 930. The topological polar surface area (TPSA) is 9.23 Å². The Kier molecular flexibility index (Phi) is 4.68. The molecule has 0 saturated carbocycles. The van der Waals surface area contributed by atoms with Crippen molar-refractivity contribution < 1.29 is 26.7 Å². The highest BCUT2D eigenvalue weighted by Crippen LogP contribution is 2.32. The minimum atomic E-state index is -4.98. The third kappa shape index (κ3) is 4.02. The molecule has 0 aliphatic rings. The lowest BCUT2D eigenvalue weighted by atomic mass is 9.99. The zero-order chi connectivity index (χ0) is 18.9. The fourth-order valence-corrected chi connectivity index (χ4v) is 2.55. The van der Waals surface area contributed by atoms with Crippen molar-refractivity contribution >= 4 is 0 Å². The molecule has 26 heavy (non-hydrogen) atoms. The summed E-state index contributed by atoms with van der Waals surface area (Å²) >= 11 is 0. The molecule has 0 bridgehead atoms. The maximum Gasteiger partial charge on any atom is 0.573 e. The van der Waals surface area contributed by atoms with Crippen LogP contribution in [0.4, 0.5) is 22.0 Å². The van der Waals surface area contributed by atoms with Crippen molar-refractivity contribution in [3.05, 3.63) is 77.9 Å². The molecule has 0 unspecified atom stereocenters. The van der Waals surface area contributed by atoms with Crippen LogP contribution in [-0.4, -0.2) is 6.36 Å². The molecule has 0 fully saturated rings. The van der Waals surface area contributed by atoms with Gasteiger partial charge in [0.1, 0.15) is 5.82 Å². The molecule has 0 atom stereocenters. The summed E-state index contributed by atoms with van der Waals surface area (Å²) in [6.07, 6.45) is -4.98. The SMILES string of the molecule is Cc1ccc(-c2ccc(-c3ccc(OC(F)(F)F)c(F)c3)cc2F)cc1. The average molecular weight is 364 g/mol. The number of hydrogen-bond donors (Lipinski definition) is 0. The molecule has 0 N–H and O–H groups in total. The molecule has 0 spiro atoms. The van der Waals surface area contributed by atoms with Gasteiger partial charge in [-0.05, 0) is 41.8 Å². The fraction of sp³-hybridized carbons (Fsp3) is 0.100. The summed E-state index contributed by atoms with van der Waals surface area (Å²) in [4.78, 5) is 0. The molecule has 0 saturated heterocycles. The van der Waals surface area contributed by atoms with Gasteiger partial charge in [-0.1, -0.05) is 48.0 Å². The summed E-state index contributed by atoms with van der Waals surface area (Å²) in [5, 5.41) is 0. The molecule has 0 aliphatic carbocycles. The average Bonchev–Trinajstić information content (AvgIpc) is 2.56. The van der Waals surface area contributed by atoms with Gasteiger partial charge in [0.15, 0.2) is 11.6 Å². The molecule has 134 valence electrons. The molecule has 1 nitrogen and oxygen atoms in total. The third-order valence-electron chi connectivity index (χ3n) is 3.82. The quantitative estimate of drug-likeness (QED) is 0.482. The van der Waals surface area contributed by atoms with Crippen LogP contribution in [0.1, 0.15) is 5.56 Å². The number of rotatable bonds is 3. The van der Waals surface area contributed by atoms with Gasteiger partial charge in [-0.25, -0.2) is 8.78 Å². The number of ether oxygens (including phenoxy) is 1. The Morgan fingerprint density at radius 1 is 0.692 bits per heavy atom. The minimum absolute atomic E-state index is 0.242. The molecule has 3 aromatic rings. The van der Waals surface area contributed by atoms with Gasteiger partial charge in [0, 0.05) is 5.56 Å². The van der Waals surface area contributed by atoms with Crippen molar-refractivity contribution in [2.45, 2.75) is 13.3 Å². The highest BCUT2D eigenvalue weighted by molar-refractivity contribution is 5.71. The van der Waals surface area contributed by atoms with Crippen molar-refractivity contribution in [2.24, 2.45) is 0 Å². The van der Waals surface area contributed by atoms with Crippen LogP contribution in [-0.2, 0) is 0 Å². The van der Waals surface area contributed by atoms with Gasteiger partial charge < -0.3 is 4.74 Å². The van der Waals surface area contributed by atoms with Crippen LogP contribution < -0.4 is 4.74 Å². The molecule has 0 aromatic heterocycles. The first-order valence-electron chi connectivity index (χ1n) is 7.65. The van der Waals surface area contributed by atoms with Gasteiger partial charge in [0.25, 0.3) is 0 Å². The predicted octanol–water partition coefficient (Wildman–Crippen LogP) is 6.51. The van der Waals surface area contributed by atoms with E-state index in [1.54, 1.807) is 24.3 Å². The maximum absolute atomic E-state index is 14.5. The van der Waals surface area contributed by atoms with E-state index in [9.17, 15) is 22.0 Å². The van der Waals surface area contributed by atoms with Gasteiger partial charge in [-0.15, -0.1) is 13.2 Å². The Morgan fingerprint density at radius 3 is 1.77 bits per heavy atom. The van der Waals surface area contributed by atoms with Crippen molar-refractivity contribution in [1.82, 2.24) is 0 Å². The van der Waals surface area contributed by atoms with Gasteiger partial charge >= 0.3 is 6.36 Å². The minimum Gasteiger partial charge on any atom is -0.403 e. The largest absolute Gasteiger partial charge is 0.573 e. The number of hydrogen-bond acceptors (Lipinski definition) is 1. The highest BCUT2D eigenvalue weighted by atomic mass is 19.4. The van der Waals surface area contributed by atoms with Crippen LogP contribution in [0.2, 0.25) is 0 Å². The first-order valence-corrected chi connectivity index (χ1v) is 7.65. The number of benzene rings is 3. The van der Waals surface area contributed by atoms with E-state index in [4.69, 9.17) is 0 Å². The fourth-order valence-electron chi connectivity index (χ4n) is 2.55. The summed E-state index contributed by atoms with van der Waals surface area (Å²) < 4.78 is 68.4. The van der Waals surface area contributed by atoms with Crippen LogP contribution in [0.15, 0.2) is 60.7 Å². The van der Waals surface area contributed by atoms with Crippen LogP contribution >= 0.6 is 0 Å². The second-order valence-electron chi connectivity index (χ2n) is 5.75. The van der Waals surface area contributed by atoms with Gasteiger partial charge in [0.2, 0.25) is 0 Å². The number of aryl methyl sites for hydroxylation is 1. The van der Waals surface area contributed by atoms with E-state index in [0.717, 1.165) is 17.7 Å². The third-order valence-corrected chi connectivity index (χ3v) is 3.82. The van der Waals surface area contributed by atoms with E-state index in [0.29, 0.717) is 16.7 Å². The van der Waals surface area contributed by atoms with E-state index in [1.807, 2.05) is 19.1 Å². The normalized spacial score (nSPS) is 11.5. The van der Waals surface area contributed by atoms with Crippen LogP contribution in [0.25, 0.3) is 22.3 Å². The molecule has 3 aromatic carbocycles. The van der Waals surface area contributed by atoms with E-state index < -0.39 is 23.7 Å². The Morgan fingerprint density at radius 2 is 1.23 bits per heavy atom. The van der Waals surface area contributed by atoms with Crippen molar-refractivity contribution in [2.75, 3.05) is 0 Å². The Hall–Kier alpha value is -2.89. The van der Waals surface area contributed by atoms with E-state index in [-0.39, 0.29) is 5.56 Å².